The summed E-state index contributed by atoms with van der Waals surface area (Å²) < 4.78 is 32.0. The minimum Gasteiger partial charge on any atom is -0.378 e. The first-order valence-corrected chi connectivity index (χ1v) is 8.77. The average Bonchev–Trinajstić information content (AvgIpc) is 2.50. The molecule has 0 aliphatic heterocycles. The summed E-state index contributed by atoms with van der Waals surface area (Å²) in [7, 11) is -1.78. The summed E-state index contributed by atoms with van der Waals surface area (Å²) in [5.41, 5.74) is 0.0106. The predicted molar refractivity (Wildman–Crippen MR) is 90.0 cm³/mol. The van der Waals surface area contributed by atoms with Gasteiger partial charge in [0.1, 0.15) is 5.75 Å². The zero-order valence-electron chi connectivity index (χ0n) is 14.2. The molecule has 2 rings (SSSR count). The van der Waals surface area contributed by atoms with E-state index in [2.05, 4.69) is 0 Å². The molecule has 1 heterocycles. The highest BCUT2D eigenvalue weighted by Crippen LogP contribution is 2.26. The number of hydrogen-bond donors (Lipinski definition) is 0. The van der Waals surface area contributed by atoms with E-state index >= 15 is 0 Å². The first-order chi connectivity index (χ1) is 11.0. The quantitative estimate of drug-likeness (QED) is 0.774. The normalized spacial score (nSPS) is 11.8. The van der Waals surface area contributed by atoms with Gasteiger partial charge in [-0.15, -0.1) is 0 Å². The third kappa shape index (κ3) is 3.28. The van der Waals surface area contributed by atoms with Crippen molar-refractivity contribution in [1.82, 2.24) is 9.13 Å². The van der Waals surface area contributed by atoms with Crippen molar-refractivity contribution in [2.24, 2.45) is 14.1 Å². The molecular formula is C16H20N2O5S. The molecule has 1 aromatic carbocycles. The van der Waals surface area contributed by atoms with Crippen molar-refractivity contribution >= 4 is 10.1 Å². The van der Waals surface area contributed by atoms with E-state index in [9.17, 15) is 18.0 Å². The molecule has 0 saturated heterocycles. The Morgan fingerprint density at radius 3 is 2.33 bits per heavy atom. The molecular weight excluding hydrogens is 332 g/mol. The van der Waals surface area contributed by atoms with Crippen molar-refractivity contribution < 1.29 is 12.6 Å². The van der Waals surface area contributed by atoms with E-state index in [4.69, 9.17) is 4.18 Å². The lowest BCUT2D eigenvalue weighted by atomic mass is 10.0. The minimum absolute atomic E-state index is 0.164. The zero-order valence-corrected chi connectivity index (χ0v) is 15.0. The molecule has 0 unspecified atom stereocenters. The third-order valence-electron chi connectivity index (χ3n) is 3.76. The number of aryl methyl sites for hydroxylation is 2. The van der Waals surface area contributed by atoms with Crippen LogP contribution in [0.2, 0.25) is 0 Å². The summed E-state index contributed by atoms with van der Waals surface area (Å²) in [6.45, 7) is 5.67. The van der Waals surface area contributed by atoms with Gasteiger partial charge in [0.25, 0.3) is 5.56 Å². The fourth-order valence-electron chi connectivity index (χ4n) is 2.18. The molecule has 0 N–H and O–H groups in total. The molecule has 130 valence electrons. The summed E-state index contributed by atoms with van der Waals surface area (Å²) >= 11 is 0. The summed E-state index contributed by atoms with van der Waals surface area (Å²) in [5, 5.41) is 0. The molecule has 8 heteroatoms. The largest absolute Gasteiger partial charge is 0.378 e. The molecule has 0 aliphatic carbocycles. The first kappa shape index (κ1) is 18.0. The fourth-order valence-corrected chi connectivity index (χ4v) is 3.32. The van der Waals surface area contributed by atoms with Gasteiger partial charge in [-0.05, 0) is 30.0 Å². The average molecular weight is 352 g/mol. The van der Waals surface area contributed by atoms with Crippen molar-refractivity contribution in [2.45, 2.75) is 31.6 Å². The van der Waals surface area contributed by atoms with Crippen molar-refractivity contribution in [3.8, 4) is 5.75 Å². The number of aromatic nitrogens is 2. The zero-order chi connectivity index (χ0) is 18.2. The molecule has 0 bridgehead atoms. The second kappa shape index (κ2) is 6.27. The highest BCUT2D eigenvalue weighted by Gasteiger charge is 2.24. The van der Waals surface area contributed by atoms with E-state index in [-0.39, 0.29) is 11.7 Å². The predicted octanol–water partition coefficient (Wildman–Crippen LogP) is 1.28. The molecule has 0 saturated carbocycles. The summed E-state index contributed by atoms with van der Waals surface area (Å²) in [5.74, 6) is 0.359. The Morgan fingerprint density at radius 1 is 1.12 bits per heavy atom. The topological polar surface area (TPSA) is 87.4 Å². The van der Waals surface area contributed by atoms with Crippen LogP contribution in [0.1, 0.15) is 30.9 Å². The molecule has 0 amide bonds. The van der Waals surface area contributed by atoms with Crippen LogP contribution in [0.4, 0.5) is 0 Å². The first-order valence-electron chi connectivity index (χ1n) is 7.36. The lowest BCUT2D eigenvalue weighted by molar-refractivity contribution is 0.478. The molecule has 0 atom stereocenters. The van der Waals surface area contributed by atoms with Gasteiger partial charge in [-0.2, -0.15) is 8.42 Å². The van der Waals surface area contributed by atoms with Gasteiger partial charge in [0.15, 0.2) is 4.90 Å². The van der Waals surface area contributed by atoms with Gasteiger partial charge in [-0.25, -0.2) is 4.79 Å². The Hall–Kier alpha value is -2.35. The van der Waals surface area contributed by atoms with Gasteiger partial charge in [-0.1, -0.05) is 26.0 Å². The molecule has 1 aromatic heterocycles. The minimum atomic E-state index is -4.36. The van der Waals surface area contributed by atoms with Crippen molar-refractivity contribution in [2.75, 3.05) is 0 Å². The van der Waals surface area contributed by atoms with Crippen LogP contribution in [0, 0.1) is 6.92 Å². The summed E-state index contributed by atoms with van der Waals surface area (Å²) in [4.78, 5) is 23.2. The Labute approximate surface area is 140 Å². The molecule has 24 heavy (non-hydrogen) atoms. The van der Waals surface area contributed by atoms with Gasteiger partial charge in [0.2, 0.25) is 0 Å². The van der Waals surface area contributed by atoms with Crippen LogP contribution < -0.4 is 15.4 Å². The van der Waals surface area contributed by atoms with E-state index < -0.39 is 26.3 Å². The van der Waals surface area contributed by atoms with Gasteiger partial charge >= 0.3 is 15.8 Å². The smallest absolute Gasteiger partial charge is 0.346 e. The Balaban J connectivity index is 2.57. The molecule has 0 radical (unpaired) electrons. The maximum Gasteiger partial charge on any atom is 0.346 e. The molecule has 0 fully saturated rings. The van der Waals surface area contributed by atoms with Crippen LogP contribution in [-0.2, 0) is 24.2 Å². The van der Waals surface area contributed by atoms with E-state index in [1.165, 1.54) is 14.1 Å². The Bertz CT molecular complexity index is 1000. The lowest BCUT2D eigenvalue weighted by Crippen LogP contribution is -2.39. The van der Waals surface area contributed by atoms with Gasteiger partial charge in [0.05, 0.1) is 0 Å². The van der Waals surface area contributed by atoms with Gasteiger partial charge < -0.3 is 8.75 Å². The Morgan fingerprint density at radius 2 is 1.75 bits per heavy atom. The van der Waals surface area contributed by atoms with Crippen LogP contribution in [0.5, 0.6) is 5.75 Å². The van der Waals surface area contributed by atoms with Crippen LogP contribution in [-0.4, -0.2) is 17.6 Å². The van der Waals surface area contributed by atoms with E-state index in [1.807, 2.05) is 19.9 Å². The van der Waals surface area contributed by atoms with Crippen molar-refractivity contribution in [3.05, 3.63) is 56.4 Å². The van der Waals surface area contributed by atoms with Gasteiger partial charge in [-0.3, -0.25) is 9.36 Å². The monoisotopic (exact) mass is 352 g/mol. The fraction of sp³-hybridized carbons (Fsp3) is 0.375. The molecule has 7 nitrogen and oxygen atoms in total. The third-order valence-corrected chi connectivity index (χ3v) is 4.98. The van der Waals surface area contributed by atoms with Crippen LogP contribution in [0.3, 0.4) is 0 Å². The second-order valence-corrected chi connectivity index (χ2v) is 7.48. The van der Waals surface area contributed by atoms with Crippen LogP contribution in [0.15, 0.2) is 38.9 Å². The Kier molecular flexibility index (Phi) is 4.70. The standard InChI is InChI=1S/C16H20N2O5S/c1-10(2)12-7-6-11(3)13(8-12)23-24(21,22)14-9-17(4)16(20)18(5)15(14)19/h6-10H,1-5H3. The van der Waals surface area contributed by atoms with E-state index in [0.29, 0.717) is 5.56 Å². The molecule has 2 aromatic rings. The van der Waals surface area contributed by atoms with Crippen molar-refractivity contribution in [1.29, 1.82) is 0 Å². The highest BCUT2D eigenvalue weighted by molar-refractivity contribution is 7.87. The van der Waals surface area contributed by atoms with Gasteiger partial charge in [0, 0.05) is 20.3 Å². The lowest BCUT2D eigenvalue weighted by Gasteiger charge is -2.13. The van der Waals surface area contributed by atoms with Crippen LogP contribution >= 0.6 is 0 Å². The molecule has 0 aliphatic rings. The SMILES string of the molecule is Cc1ccc(C(C)C)cc1OS(=O)(=O)c1cn(C)c(=O)n(C)c1=O. The number of hydrogen-bond acceptors (Lipinski definition) is 5. The van der Waals surface area contributed by atoms with E-state index in [1.54, 1.807) is 19.1 Å². The number of rotatable bonds is 4. The highest BCUT2D eigenvalue weighted by atomic mass is 32.2. The molecule has 0 spiro atoms. The van der Waals surface area contributed by atoms with Crippen LogP contribution in [0.25, 0.3) is 0 Å². The summed E-state index contributed by atoms with van der Waals surface area (Å²) in [6, 6.07) is 5.30. The maximum absolute atomic E-state index is 12.5. The van der Waals surface area contributed by atoms with Crippen molar-refractivity contribution in [3.63, 3.8) is 0 Å². The second-order valence-electron chi connectivity index (χ2n) is 5.97. The number of nitrogens with zero attached hydrogens (tertiary/aromatic N) is 2. The summed E-state index contributed by atoms with van der Waals surface area (Å²) in [6.07, 6.45) is 0.974. The number of benzene rings is 1. The maximum atomic E-state index is 12.5. The van der Waals surface area contributed by atoms with E-state index in [0.717, 1.165) is 20.9 Å².